The molecule has 0 saturated carbocycles. The highest BCUT2D eigenvalue weighted by Crippen LogP contribution is 2.39. The number of hydrogen-bond donors (Lipinski definition) is 1. The Balaban J connectivity index is 2.13. The number of carbonyl (C=O) groups excluding carboxylic acids is 1. The fraction of sp³-hybridized carbons (Fsp3) is 0.474. The number of rotatable bonds is 9. The fourth-order valence-corrected chi connectivity index (χ4v) is 3.47. The van der Waals surface area contributed by atoms with Crippen molar-refractivity contribution in [3.8, 4) is 22.1 Å². The number of nitrogens with one attached hydrogen (secondary N) is 1. The molecule has 1 N–H and O–H groups in total. The van der Waals surface area contributed by atoms with E-state index >= 15 is 0 Å². The molecule has 7 heteroatoms. The zero-order valence-electron chi connectivity index (χ0n) is 16.0. The van der Waals surface area contributed by atoms with Gasteiger partial charge in [-0.15, -0.1) is 11.3 Å². The van der Waals surface area contributed by atoms with Crippen LogP contribution in [0.2, 0.25) is 0 Å². The molecule has 1 amide bonds. The third-order valence-corrected chi connectivity index (χ3v) is 4.76. The highest BCUT2D eigenvalue weighted by atomic mass is 32.1. The van der Waals surface area contributed by atoms with Gasteiger partial charge in [-0.25, -0.2) is 4.98 Å². The Labute approximate surface area is 159 Å². The highest BCUT2D eigenvalue weighted by Gasteiger charge is 2.16. The van der Waals surface area contributed by atoms with Crippen LogP contribution in [-0.4, -0.2) is 49.1 Å². The summed E-state index contributed by atoms with van der Waals surface area (Å²) in [5.74, 6) is 1.40. The Morgan fingerprint density at radius 3 is 2.69 bits per heavy atom. The number of carbonyl (C=O) groups is 1. The van der Waals surface area contributed by atoms with Crippen LogP contribution in [0.15, 0.2) is 23.6 Å². The molecule has 26 heavy (non-hydrogen) atoms. The quantitative estimate of drug-likeness (QED) is 0.727. The second-order valence-electron chi connectivity index (χ2n) is 6.21. The number of nitrogens with zero attached hydrogens (tertiary/aromatic N) is 2. The normalized spacial score (nSPS) is 11.0. The second-order valence-corrected chi connectivity index (χ2v) is 7.07. The minimum absolute atomic E-state index is 0.0340. The van der Waals surface area contributed by atoms with Crippen molar-refractivity contribution in [1.82, 2.24) is 15.2 Å². The van der Waals surface area contributed by atoms with E-state index < -0.39 is 0 Å². The Morgan fingerprint density at radius 1 is 1.31 bits per heavy atom. The molecule has 0 aliphatic rings. The largest absolute Gasteiger partial charge is 0.493 e. The zero-order valence-corrected chi connectivity index (χ0v) is 16.9. The average molecular weight is 378 g/mol. The molecule has 0 unspecified atom stereocenters. The molecule has 0 aliphatic carbocycles. The number of methoxy groups -OCH3 is 2. The molecule has 0 atom stereocenters. The third kappa shape index (κ3) is 5.19. The van der Waals surface area contributed by atoms with Crippen LogP contribution in [-0.2, 0) is 11.3 Å². The number of thiazole rings is 1. The van der Waals surface area contributed by atoms with E-state index in [4.69, 9.17) is 14.5 Å². The SMILES string of the molecule is CCN(CC(=O)NC(C)C)Cc1csc(-c2cccc(OC)c2OC)n1. The lowest BCUT2D eigenvalue weighted by Crippen LogP contribution is -2.39. The lowest BCUT2D eigenvalue weighted by molar-refractivity contribution is -0.122. The molecule has 6 nitrogen and oxygen atoms in total. The van der Waals surface area contributed by atoms with Crippen molar-refractivity contribution in [2.75, 3.05) is 27.3 Å². The van der Waals surface area contributed by atoms with Crippen molar-refractivity contribution in [3.05, 3.63) is 29.3 Å². The van der Waals surface area contributed by atoms with Crippen LogP contribution in [0, 0.1) is 0 Å². The maximum absolute atomic E-state index is 12.0. The smallest absolute Gasteiger partial charge is 0.234 e. The number of amides is 1. The van der Waals surface area contributed by atoms with Gasteiger partial charge in [0.2, 0.25) is 5.91 Å². The minimum Gasteiger partial charge on any atom is -0.493 e. The van der Waals surface area contributed by atoms with Crippen LogP contribution in [0.5, 0.6) is 11.5 Å². The minimum atomic E-state index is 0.0340. The molecule has 0 radical (unpaired) electrons. The summed E-state index contributed by atoms with van der Waals surface area (Å²) in [6.45, 7) is 7.74. The van der Waals surface area contributed by atoms with E-state index in [1.807, 2.05) is 44.4 Å². The number of benzene rings is 1. The molecular weight excluding hydrogens is 350 g/mol. The number of likely N-dealkylation sites (N-methyl/N-ethyl adjacent to an activating group) is 1. The average Bonchev–Trinajstić information content (AvgIpc) is 3.07. The van der Waals surface area contributed by atoms with Gasteiger partial charge in [-0.3, -0.25) is 9.69 Å². The second kappa shape index (κ2) is 9.54. The van der Waals surface area contributed by atoms with E-state index in [1.54, 1.807) is 25.6 Å². The van der Waals surface area contributed by atoms with Crippen LogP contribution in [0.4, 0.5) is 0 Å². The molecule has 1 aromatic heterocycles. The molecule has 2 rings (SSSR count). The van der Waals surface area contributed by atoms with Gasteiger partial charge in [0.15, 0.2) is 11.5 Å². The van der Waals surface area contributed by atoms with Crippen LogP contribution in [0.25, 0.3) is 10.6 Å². The summed E-state index contributed by atoms with van der Waals surface area (Å²) >= 11 is 1.56. The molecule has 2 aromatic rings. The van der Waals surface area contributed by atoms with Crippen molar-refractivity contribution in [3.63, 3.8) is 0 Å². The first-order valence-corrected chi connectivity index (χ1v) is 9.53. The summed E-state index contributed by atoms with van der Waals surface area (Å²) < 4.78 is 10.9. The van der Waals surface area contributed by atoms with Gasteiger partial charge < -0.3 is 14.8 Å². The van der Waals surface area contributed by atoms with Crippen molar-refractivity contribution < 1.29 is 14.3 Å². The number of para-hydroxylation sites is 1. The van der Waals surface area contributed by atoms with Gasteiger partial charge in [0.25, 0.3) is 0 Å². The van der Waals surface area contributed by atoms with Gasteiger partial charge in [-0.05, 0) is 32.5 Å². The van der Waals surface area contributed by atoms with Gasteiger partial charge in [0.1, 0.15) is 5.01 Å². The standard InChI is InChI=1S/C19H27N3O3S/c1-6-22(11-17(23)20-13(2)3)10-14-12-26-19(21-14)15-8-7-9-16(24-4)18(15)25-5/h7-9,12-13H,6,10-11H2,1-5H3,(H,20,23). The monoisotopic (exact) mass is 377 g/mol. The van der Waals surface area contributed by atoms with Gasteiger partial charge in [0.05, 0.1) is 32.0 Å². The summed E-state index contributed by atoms with van der Waals surface area (Å²) in [5, 5.41) is 5.82. The van der Waals surface area contributed by atoms with Crippen LogP contribution in [0.1, 0.15) is 26.5 Å². The van der Waals surface area contributed by atoms with Crippen LogP contribution in [0.3, 0.4) is 0 Å². The maximum Gasteiger partial charge on any atom is 0.234 e. The predicted octanol–water partition coefficient (Wildman–Crippen LogP) is 3.17. The summed E-state index contributed by atoms with van der Waals surface area (Å²) in [6, 6.07) is 5.90. The van der Waals surface area contributed by atoms with Crippen molar-refractivity contribution in [2.45, 2.75) is 33.4 Å². The molecule has 0 fully saturated rings. The molecule has 1 heterocycles. The first kappa shape index (κ1) is 20.2. The van der Waals surface area contributed by atoms with E-state index in [1.165, 1.54) is 0 Å². The summed E-state index contributed by atoms with van der Waals surface area (Å²) in [6.07, 6.45) is 0. The van der Waals surface area contributed by atoms with E-state index in [0.29, 0.717) is 24.6 Å². The van der Waals surface area contributed by atoms with Crippen molar-refractivity contribution in [1.29, 1.82) is 0 Å². The fourth-order valence-electron chi connectivity index (χ4n) is 2.64. The number of ether oxygens (including phenoxy) is 2. The topological polar surface area (TPSA) is 63.7 Å². The van der Waals surface area contributed by atoms with E-state index in [0.717, 1.165) is 22.8 Å². The lowest BCUT2D eigenvalue weighted by Gasteiger charge is -2.19. The third-order valence-electron chi connectivity index (χ3n) is 3.83. The van der Waals surface area contributed by atoms with Crippen molar-refractivity contribution in [2.24, 2.45) is 0 Å². The summed E-state index contributed by atoms with van der Waals surface area (Å²) in [5.41, 5.74) is 1.85. The van der Waals surface area contributed by atoms with Crippen LogP contribution < -0.4 is 14.8 Å². The lowest BCUT2D eigenvalue weighted by atomic mass is 10.2. The van der Waals surface area contributed by atoms with Gasteiger partial charge >= 0.3 is 0 Å². The Hall–Kier alpha value is -2.12. The Morgan fingerprint density at radius 2 is 2.08 bits per heavy atom. The maximum atomic E-state index is 12.0. The number of aromatic nitrogens is 1. The number of hydrogen-bond acceptors (Lipinski definition) is 6. The van der Waals surface area contributed by atoms with Gasteiger partial charge in [0, 0.05) is 18.0 Å². The van der Waals surface area contributed by atoms with E-state index in [9.17, 15) is 4.79 Å². The highest BCUT2D eigenvalue weighted by molar-refractivity contribution is 7.13. The molecule has 0 saturated heterocycles. The molecule has 0 bridgehead atoms. The summed E-state index contributed by atoms with van der Waals surface area (Å²) in [4.78, 5) is 18.8. The van der Waals surface area contributed by atoms with Gasteiger partial charge in [-0.1, -0.05) is 13.0 Å². The molecular formula is C19H27N3O3S. The Bertz CT molecular complexity index is 731. The van der Waals surface area contributed by atoms with Gasteiger partial charge in [-0.2, -0.15) is 0 Å². The van der Waals surface area contributed by atoms with E-state index in [2.05, 4.69) is 10.2 Å². The Kier molecular flexibility index (Phi) is 7.41. The first-order chi connectivity index (χ1) is 12.5. The van der Waals surface area contributed by atoms with Crippen molar-refractivity contribution >= 4 is 17.2 Å². The van der Waals surface area contributed by atoms with Crippen LogP contribution >= 0.6 is 11.3 Å². The first-order valence-electron chi connectivity index (χ1n) is 8.65. The zero-order chi connectivity index (χ0) is 19.1. The summed E-state index contributed by atoms with van der Waals surface area (Å²) in [7, 11) is 3.25. The molecule has 0 spiro atoms. The molecule has 1 aromatic carbocycles. The predicted molar refractivity (Wildman–Crippen MR) is 105 cm³/mol. The van der Waals surface area contributed by atoms with E-state index in [-0.39, 0.29) is 11.9 Å². The molecule has 0 aliphatic heterocycles. The molecule has 142 valence electrons.